The van der Waals surface area contributed by atoms with Gasteiger partial charge in [-0.2, -0.15) is 0 Å². The SMILES string of the molecule is COc1ccc2ncc(F)c(C(O)CCC3CCNCC3CC(=O)O)c2c1. The Balaban J connectivity index is 1.78. The second-order valence-electron chi connectivity index (χ2n) is 7.11. The molecule has 0 saturated carbocycles. The number of rotatable bonds is 7. The van der Waals surface area contributed by atoms with Gasteiger partial charge in [0.25, 0.3) is 0 Å². The second-order valence-corrected chi connectivity index (χ2v) is 7.11. The number of piperidine rings is 1. The van der Waals surface area contributed by atoms with E-state index in [9.17, 15) is 14.3 Å². The maximum absolute atomic E-state index is 14.5. The smallest absolute Gasteiger partial charge is 0.303 e. The third kappa shape index (κ3) is 4.54. The van der Waals surface area contributed by atoms with Crippen molar-refractivity contribution in [1.29, 1.82) is 0 Å². The van der Waals surface area contributed by atoms with Crippen LogP contribution in [-0.2, 0) is 4.79 Å². The molecule has 0 amide bonds. The number of ether oxygens (including phenoxy) is 1. The van der Waals surface area contributed by atoms with Gasteiger partial charge in [0, 0.05) is 17.4 Å². The van der Waals surface area contributed by atoms with Gasteiger partial charge >= 0.3 is 5.97 Å². The van der Waals surface area contributed by atoms with E-state index < -0.39 is 17.9 Å². The topological polar surface area (TPSA) is 91.7 Å². The average Bonchev–Trinajstić information content (AvgIpc) is 2.66. The van der Waals surface area contributed by atoms with Crippen LogP contribution in [0.15, 0.2) is 24.4 Å². The largest absolute Gasteiger partial charge is 0.497 e. The van der Waals surface area contributed by atoms with Crippen molar-refractivity contribution in [3.63, 3.8) is 0 Å². The monoisotopic (exact) mass is 376 g/mol. The number of pyridine rings is 1. The van der Waals surface area contributed by atoms with Crippen LogP contribution in [0.25, 0.3) is 10.9 Å². The summed E-state index contributed by atoms with van der Waals surface area (Å²) in [5, 5.41) is 23.6. The van der Waals surface area contributed by atoms with Crippen LogP contribution in [-0.4, -0.2) is 41.4 Å². The molecule has 3 atom stereocenters. The third-order valence-corrected chi connectivity index (χ3v) is 5.41. The molecule has 1 aliphatic heterocycles. The van der Waals surface area contributed by atoms with Crippen molar-refractivity contribution in [3.05, 3.63) is 35.8 Å². The summed E-state index contributed by atoms with van der Waals surface area (Å²) in [5.41, 5.74) is 0.819. The molecule has 0 spiro atoms. The Morgan fingerprint density at radius 3 is 3.00 bits per heavy atom. The summed E-state index contributed by atoms with van der Waals surface area (Å²) in [5.74, 6) is -0.559. The number of aliphatic hydroxyl groups excluding tert-OH is 1. The van der Waals surface area contributed by atoms with Gasteiger partial charge in [-0.1, -0.05) is 0 Å². The summed E-state index contributed by atoms with van der Waals surface area (Å²) in [7, 11) is 1.53. The fourth-order valence-electron chi connectivity index (χ4n) is 3.97. The van der Waals surface area contributed by atoms with E-state index in [2.05, 4.69) is 10.3 Å². The molecule has 1 aromatic heterocycles. The van der Waals surface area contributed by atoms with Gasteiger partial charge in [-0.15, -0.1) is 0 Å². The molecule has 7 heteroatoms. The van der Waals surface area contributed by atoms with Crippen LogP contribution in [0.1, 0.15) is 37.4 Å². The van der Waals surface area contributed by atoms with Crippen molar-refractivity contribution in [3.8, 4) is 5.75 Å². The minimum atomic E-state index is -0.983. The maximum atomic E-state index is 14.5. The molecule has 146 valence electrons. The molecule has 1 fully saturated rings. The van der Waals surface area contributed by atoms with E-state index in [1.807, 2.05) is 0 Å². The molecule has 0 aliphatic carbocycles. The predicted octanol–water partition coefficient (Wildman–Crippen LogP) is 2.90. The Morgan fingerprint density at radius 1 is 1.44 bits per heavy atom. The molecule has 1 saturated heterocycles. The quantitative estimate of drug-likeness (QED) is 0.688. The number of aliphatic carboxylic acids is 1. The number of nitrogens with one attached hydrogen (secondary N) is 1. The molecule has 1 aliphatic rings. The first-order valence-corrected chi connectivity index (χ1v) is 9.22. The summed E-state index contributed by atoms with van der Waals surface area (Å²) < 4.78 is 19.7. The predicted molar refractivity (Wildman–Crippen MR) is 99.2 cm³/mol. The van der Waals surface area contributed by atoms with Gasteiger partial charge in [-0.3, -0.25) is 9.78 Å². The van der Waals surface area contributed by atoms with Crippen LogP contribution >= 0.6 is 0 Å². The lowest BCUT2D eigenvalue weighted by atomic mass is 9.80. The molecule has 0 bridgehead atoms. The number of nitrogens with zero attached hydrogens (tertiary/aromatic N) is 1. The minimum Gasteiger partial charge on any atom is -0.497 e. The number of hydrogen-bond donors (Lipinski definition) is 3. The lowest BCUT2D eigenvalue weighted by Gasteiger charge is -2.32. The lowest BCUT2D eigenvalue weighted by molar-refractivity contribution is -0.138. The number of carbonyl (C=O) groups is 1. The van der Waals surface area contributed by atoms with Gasteiger partial charge in [-0.25, -0.2) is 4.39 Å². The van der Waals surface area contributed by atoms with Gasteiger partial charge in [-0.05, 0) is 62.4 Å². The van der Waals surface area contributed by atoms with Gasteiger partial charge in [0.05, 0.1) is 24.9 Å². The molecular weight excluding hydrogens is 351 g/mol. The van der Waals surface area contributed by atoms with Gasteiger partial charge in [0.1, 0.15) is 11.6 Å². The first-order chi connectivity index (χ1) is 13.0. The van der Waals surface area contributed by atoms with Crippen LogP contribution in [0.3, 0.4) is 0 Å². The number of carboxylic acid groups (broad SMARTS) is 1. The zero-order valence-corrected chi connectivity index (χ0v) is 15.3. The number of hydrogen-bond acceptors (Lipinski definition) is 5. The second kappa shape index (κ2) is 8.63. The van der Waals surface area contributed by atoms with Crippen LogP contribution in [0.2, 0.25) is 0 Å². The molecular formula is C20H25FN2O4. The number of aliphatic hydroxyl groups is 1. The van der Waals surface area contributed by atoms with E-state index in [0.717, 1.165) is 19.2 Å². The summed E-state index contributed by atoms with van der Waals surface area (Å²) in [6.45, 7) is 1.50. The number of fused-ring (bicyclic) bond motifs is 1. The molecule has 6 nitrogen and oxygen atoms in total. The lowest BCUT2D eigenvalue weighted by Crippen LogP contribution is -2.37. The van der Waals surface area contributed by atoms with E-state index in [0.29, 0.717) is 36.0 Å². The highest BCUT2D eigenvalue weighted by Crippen LogP contribution is 2.34. The average molecular weight is 376 g/mol. The maximum Gasteiger partial charge on any atom is 0.303 e. The first-order valence-electron chi connectivity index (χ1n) is 9.22. The molecule has 27 heavy (non-hydrogen) atoms. The Labute approximate surface area is 157 Å². The van der Waals surface area contributed by atoms with Gasteiger partial charge < -0.3 is 20.3 Å². The van der Waals surface area contributed by atoms with Crippen molar-refractivity contribution in [2.45, 2.75) is 31.8 Å². The van der Waals surface area contributed by atoms with Crippen LogP contribution < -0.4 is 10.1 Å². The fourth-order valence-corrected chi connectivity index (χ4v) is 3.97. The first kappa shape index (κ1) is 19.5. The summed E-state index contributed by atoms with van der Waals surface area (Å²) in [4.78, 5) is 15.2. The molecule has 3 unspecified atom stereocenters. The zero-order valence-electron chi connectivity index (χ0n) is 15.3. The van der Waals surface area contributed by atoms with Gasteiger partial charge in [0.15, 0.2) is 0 Å². The van der Waals surface area contributed by atoms with Crippen molar-refractivity contribution in [2.24, 2.45) is 11.8 Å². The molecule has 2 aromatic rings. The Morgan fingerprint density at radius 2 is 2.26 bits per heavy atom. The van der Waals surface area contributed by atoms with E-state index in [1.165, 1.54) is 7.11 Å². The standard InChI is InChI=1S/C20H25FN2O4/c1-27-14-3-4-17-15(9-14)20(16(21)11-23-17)18(24)5-2-12-6-7-22-10-13(12)8-19(25)26/h3-4,9,11-13,18,22,24H,2,5-8,10H2,1H3,(H,25,26). The van der Waals surface area contributed by atoms with Crippen LogP contribution in [0.5, 0.6) is 5.75 Å². The Bertz CT molecular complexity index is 814. The van der Waals surface area contributed by atoms with Crippen LogP contribution in [0.4, 0.5) is 4.39 Å². The fraction of sp³-hybridized carbons (Fsp3) is 0.500. The molecule has 1 aromatic carbocycles. The molecule has 2 heterocycles. The van der Waals surface area contributed by atoms with Gasteiger partial charge in [0.2, 0.25) is 0 Å². The zero-order chi connectivity index (χ0) is 19.4. The number of aromatic nitrogens is 1. The number of carboxylic acids is 1. The van der Waals surface area contributed by atoms with Crippen molar-refractivity contribution in [1.82, 2.24) is 10.3 Å². The molecule has 3 rings (SSSR count). The van der Waals surface area contributed by atoms with Crippen molar-refractivity contribution >= 4 is 16.9 Å². The highest BCUT2D eigenvalue weighted by Gasteiger charge is 2.28. The molecule has 3 N–H and O–H groups in total. The Hall–Kier alpha value is -2.25. The van der Waals surface area contributed by atoms with Crippen LogP contribution in [0, 0.1) is 17.7 Å². The van der Waals surface area contributed by atoms with E-state index in [1.54, 1.807) is 18.2 Å². The van der Waals surface area contributed by atoms with E-state index in [4.69, 9.17) is 9.84 Å². The third-order valence-electron chi connectivity index (χ3n) is 5.41. The highest BCUT2D eigenvalue weighted by molar-refractivity contribution is 5.84. The normalized spacial score (nSPS) is 21.1. The van der Waals surface area contributed by atoms with Crippen molar-refractivity contribution in [2.75, 3.05) is 20.2 Å². The minimum absolute atomic E-state index is 0.0302. The van der Waals surface area contributed by atoms with Crippen molar-refractivity contribution < 1.29 is 24.1 Å². The number of halogens is 1. The number of methoxy groups -OCH3 is 1. The van der Waals surface area contributed by atoms with E-state index in [-0.39, 0.29) is 23.8 Å². The summed E-state index contributed by atoms with van der Waals surface area (Å²) >= 11 is 0. The molecule has 0 radical (unpaired) electrons. The van der Waals surface area contributed by atoms with E-state index >= 15 is 0 Å². The Kier molecular flexibility index (Phi) is 6.23. The number of benzene rings is 1. The highest BCUT2D eigenvalue weighted by atomic mass is 19.1. The summed E-state index contributed by atoms with van der Waals surface area (Å²) in [6.07, 6.45) is 2.13. The summed E-state index contributed by atoms with van der Waals surface area (Å²) in [6, 6.07) is 5.16.